The van der Waals surface area contributed by atoms with Crippen LogP contribution in [-0.4, -0.2) is 55.0 Å². The first-order chi connectivity index (χ1) is 14.8. The van der Waals surface area contributed by atoms with Crippen molar-refractivity contribution in [2.24, 2.45) is 0 Å². The third kappa shape index (κ3) is 5.38. The molecular formula is C25H29N3O2. The Balaban J connectivity index is 1.17. The van der Waals surface area contributed by atoms with Gasteiger partial charge in [0.1, 0.15) is 0 Å². The highest BCUT2D eigenvalue weighted by Gasteiger charge is 2.18. The van der Waals surface area contributed by atoms with Crippen LogP contribution in [0.1, 0.15) is 22.5 Å². The van der Waals surface area contributed by atoms with E-state index in [0.717, 1.165) is 56.8 Å². The lowest BCUT2D eigenvalue weighted by Crippen LogP contribution is -2.46. The molecule has 0 spiro atoms. The van der Waals surface area contributed by atoms with E-state index in [0.29, 0.717) is 12.3 Å². The molecule has 0 radical (unpaired) electrons. The van der Waals surface area contributed by atoms with Crippen molar-refractivity contribution in [2.75, 3.05) is 39.3 Å². The first kappa shape index (κ1) is 20.4. The Morgan fingerprint density at radius 3 is 2.27 bits per heavy atom. The largest absolute Gasteiger partial charge is 0.459 e. The Hall–Kier alpha value is -2.89. The molecular weight excluding hydrogens is 374 g/mol. The SMILES string of the molecule is O=C(NCCCN1CCN(Cc2ccccc2)CC1)c1occc1-c1ccccc1. The van der Waals surface area contributed by atoms with Gasteiger partial charge in [0.05, 0.1) is 6.26 Å². The van der Waals surface area contributed by atoms with Gasteiger partial charge in [-0.15, -0.1) is 0 Å². The van der Waals surface area contributed by atoms with Crippen LogP contribution in [0.4, 0.5) is 0 Å². The summed E-state index contributed by atoms with van der Waals surface area (Å²) in [5.41, 5.74) is 3.20. The second-order valence-corrected chi connectivity index (χ2v) is 7.74. The van der Waals surface area contributed by atoms with E-state index in [9.17, 15) is 4.79 Å². The number of rotatable bonds is 8. The summed E-state index contributed by atoms with van der Waals surface area (Å²) < 4.78 is 5.46. The molecule has 30 heavy (non-hydrogen) atoms. The fourth-order valence-corrected chi connectivity index (χ4v) is 3.93. The topological polar surface area (TPSA) is 48.7 Å². The summed E-state index contributed by atoms with van der Waals surface area (Å²) >= 11 is 0. The molecule has 5 heteroatoms. The van der Waals surface area contributed by atoms with Crippen LogP contribution >= 0.6 is 0 Å². The van der Waals surface area contributed by atoms with E-state index in [2.05, 4.69) is 45.4 Å². The van der Waals surface area contributed by atoms with Crippen molar-refractivity contribution in [1.82, 2.24) is 15.1 Å². The number of nitrogens with one attached hydrogen (secondary N) is 1. The predicted molar refractivity (Wildman–Crippen MR) is 119 cm³/mol. The Morgan fingerprint density at radius 2 is 1.53 bits per heavy atom. The summed E-state index contributed by atoms with van der Waals surface area (Å²) in [6.45, 7) is 7.02. The van der Waals surface area contributed by atoms with Crippen molar-refractivity contribution in [1.29, 1.82) is 0 Å². The molecule has 4 rings (SSSR count). The molecule has 0 atom stereocenters. The van der Waals surface area contributed by atoms with Crippen LogP contribution in [0.2, 0.25) is 0 Å². The van der Waals surface area contributed by atoms with Crippen molar-refractivity contribution in [2.45, 2.75) is 13.0 Å². The average Bonchev–Trinajstić information content (AvgIpc) is 3.29. The van der Waals surface area contributed by atoms with E-state index in [1.54, 1.807) is 6.26 Å². The van der Waals surface area contributed by atoms with Crippen LogP contribution in [0.5, 0.6) is 0 Å². The number of benzene rings is 2. The van der Waals surface area contributed by atoms with Gasteiger partial charge >= 0.3 is 0 Å². The normalized spacial score (nSPS) is 15.2. The molecule has 2 aromatic carbocycles. The summed E-state index contributed by atoms with van der Waals surface area (Å²) in [6.07, 6.45) is 2.51. The zero-order valence-corrected chi connectivity index (χ0v) is 17.3. The predicted octanol–water partition coefficient (Wildman–Crippen LogP) is 3.88. The summed E-state index contributed by atoms with van der Waals surface area (Å²) in [5, 5.41) is 3.01. The summed E-state index contributed by atoms with van der Waals surface area (Å²) in [5.74, 6) is 0.238. The molecule has 1 aliphatic rings. The molecule has 1 fully saturated rings. The number of piperazine rings is 1. The van der Waals surface area contributed by atoms with E-state index in [-0.39, 0.29) is 5.91 Å². The standard InChI is InChI=1S/C25H29N3O2/c29-25(24-23(12-19-30-24)22-10-5-2-6-11-22)26-13-7-14-27-15-17-28(18-16-27)20-21-8-3-1-4-9-21/h1-6,8-12,19H,7,13-18,20H2,(H,26,29). The number of nitrogens with zero attached hydrogens (tertiary/aromatic N) is 2. The van der Waals surface area contributed by atoms with Gasteiger partial charge in [0.15, 0.2) is 5.76 Å². The lowest BCUT2D eigenvalue weighted by atomic mass is 10.1. The minimum absolute atomic E-state index is 0.147. The van der Waals surface area contributed by atoms with Gasteiger partial charge in [-0.2, -0.15) is 0 Å². The van der Waals surface area contributed by atoms with Crippen molar-refractivity contribution in [3.05, 3.63) is 84.3 Å². The molecule has 0 bridgehead atoms. The highest BCUT2D eigenvalue weighted by Crippen LogP contribution is 2.24. The van der Waals surface area contributed by atoms with E-state index < -0.39 is 0 Å². The number of furan rings is 1. The van der Waals surface area contributed by atoms with Crippen LogP contribution in [0.3, 0.4) is 0 Å². The van der Waals surface area contributed by atoms with Gasteiger partial charge in [-0.05, 0) is 30.2 Å². The maximum Gasteiger partial charge on any atom is 0.287 e. The van der Waals surface area contributed by atoms with Gasteiger partial charge in [-0.3, -0.25) is 9.69 Å². The Kier molecular flexibility index (Phi) is 6.95. The third-order valence-corrected chi connectivity index (χ3v) is 5.61. The molecule has 0 aliphatic carbocycles. The molecule has 1 aromatic heterocycles. The molecule has 156 valence electrons. The minimum Gasteiger partial charge on any atom is -0.459 e. The Bertz CT molecular complexity index is 916. The van der Waals surface area contributed by atoms with Crippen LogP contribution in [0.25, 0.3) is 11.1 Å². The van der Waals surface area contributed by atoms with Crippen LogP contribution in [-0.2, 0) is 6.54 Å². The maximum atomic E-state index is 12.5. The number of hydrogen-bond acceptors (Lipinski definition) is 4. The van der Waals surface area contributed by atoms with Gasteiger partial charge in [-0.1, -0.05) is 60.7 Å². The van der Waals surface area contributed by atoms with Gasteiger partial charge in [-0.25, -0.2) is 0 Å². The van der Waals surface area contributed by atoms with Crippen LogP contribution < -0.4 is 5.32 Å². The summed E-state index contributed by atoms with van der Waals surface area (Å²) in [4.78, 5) is 17.5. The average molecular weight is 404 g/mol. The number of hydrogen-bond donors (Lipinski definition) is 1. The fraction of sp³-hybridized carbons (Fsp3) is 0.320. The fourth-order valence-electron chi connectivity index (χ4n) is 3.93. The molecule has 1 saturated heterocycles. The zero-order valence-electron chi connectivity index (χ0n) is 17.3. The van der Waals surface area contributed by atoms with Gasteiger partial charge in [0, 0.05) is 44.8 Å². The molecule has 3 aromatic rings. The van der Waals surface area contributed by atoms with Crippen molar-refractivity contribution >= 4 is 5.91 Å². The molecule has 2 heterocycles. The van der Waals surface area contributed by atoms with E-state index in [1.807, 2.05) is 36.4 Å². The lowest BCUT2D eigenvalue weighted by molar-refractivity contribution is 0.0920. The van der Waals surface area contributed by atoms with Gasteiger partial charge in [0.25, 0.3) is 5.91 Å². The van der Waals surface area contributed by atoms with Crippen molar-refractivity contribution in [3.8, 4) is 11.1 Å². The zero-order chi connectivity index (χ0) is 20.6. The quantitative estimate of drug-likeness (QED) is 0.580. The van der Waals surface area contributed by atoms with E-state index in [4.69, 9.17) is 4.42 Å². The van der Waals surface area contributed by atoms with Crippen molar-refractivity contribution in [3.63, 3.8) is 0 Å². The molecule has 0 saturated carbocycles. The summed E-state index contributed by atoms with van der Waals surface area (Å²) in [6, 6.07) is 22.4. The van der Waals surface area contributed by atoms with E-state index in [1.165, 1.54) is 5.56 Å². The minimum atomic E-state index is -0.147. The monoisotopic (exact) mass is 403 g/mol. The molecule has 1 aliphatic heterocycles. The molecule has 0 unspecified atom stereocenters. The smallest absolute Gasteiger partial charge is 0.287 e. The second-order valence-electron chi connectivity index (χ2n) is 7.74. The van der Waals surface area contributed by atoms with Crippen LogP contribution in [0.15, 0.2) is 77.4 Å². The highest BCUT2D eigenvalue weighted by molar-refractivity contribution is 5.98. The molecule has 5 nitrogen and oxygen atoms in total. The van der Waals surface area contributed by atoms with Crippen molar-refractivity contribution < 1.29 is 9.21 Å². The van der Waals surface area contributed by atoms with E-state index >= 15 is 0 Å². The Labute approximate surface area is 178 Å². The lowest BCUT2D eigenvalue weighted by Gasteiger charge is -2.34. The number of carbonyl (C=O) groups is 1. The Morgan fingerprint density at radius 1 is 0.867 bits per heavy atom. The highest BCUT2D eigenvalue weighted by atomic mass is 16.3. The number of carbonyl (C=O) groups excluding carboxylic acids is 1. The van der Waals surface area contributed by atoms with Gasteiger partial charge < -0.3 is 14.6 Å². The second kappa shape index (κ2) is 10.2. The molecule has 1 amide bonds. The molecule has 1 N–H and O–H groups in total. The maximum absolute atomic E-state index is 12.5. The van der Waals surface area contributed by atoms with Gasteiger partial charge in [0.2, 0.25) is 0 Å². The first-order valence-corrected chi connectivity index (χ1v) is 10.7. The first-order valence-electron chi connectivity index (χ1n) is 10.7. The third-order valence-electron chi connectivity index (χ3n) is 5.61. The summed E-state index contributed by atoms with van der Waals surface area (Å²) in [7, 11) is 0. The number of amides is 1. The van der Waals surface area contributed by atoms with Crippen LogP contribution in [0, 0.1) is 0 Å².